The van der Waals surface area contributed by atoms with Crippen LogP contribution in [0, 0.1) is 28.6 Å². The topological polar surface area (TPSA) is 43.4 Å². The van der Waals surface area contributed by atoms with Crippen LogP contribution < -0.4 is 0 Å². The van der Waals surface area contributed by atoms with Crippen molar-refractivity contribution in [2.24, 2.45) is 28.6 Å². The molecule has 0 N–H and O–H groups in total. The van der Waals surface area contributed by atoms with Gasteiger partial charge in [-0.1, -0.05) is 25.4 Å². The summed E-state index contributed by atoms with van der Waals surface area (Å²) in [5, 5.41) is 0.546. The van der Waals surface area contributed by atoms with Crippen LogP contribution in [0.3, 0.4) is 0 Å². The Labute approximate surface area is 155 Å². The molecule has 0 unspecified atom stereocenters. The van der Waals surface area contributed by atoms with Gasteiger partial charge in [0.15, 0.2) is 5.78 Å². The third-order valence-electron chi connectivity index (χ3n) is 8.27. The van der Waals surface area contributed by atoms with Crippen LogP contribution in [-0.4, -0.2) is 17.9 Å². The molecule has 0 aliphatic heterocycles. The van der Waals surface area contributed by atoms with Crippen molar-refractivity contribution in [3.63, 3.8) is 0 Å². The first-order valence-corrected chi connectivity index (χ1v) is 10.2. The summed E-state index contributed by atoms with van der Waals surface area (Å²) in [4.78, 5) is 23.6. The van der Waals surface area contributed by atoms with Gasteiger partial charge in [0.1, 0.15) is 6.10 Å². The van der Waals surface area contributed by atoms with Crippen LogP contribution in [0.15, 0.2) is 10.6 Å². The van der Waals surface area contributed by atoms with E-state index < -0.39 is 0 Å². The molecule has 4 rings (SSSR count). The summed E-state index contributed by atoms with van der Waals surface area (Å²) in [5.41, 5.74) is 1.46. The predicted octanol–water partition coefficient (Wildman–Crippen LogP) is 5.02. The number of Topliss-reactive ketones (excluding diaryl/α,β-unsaturated/α-hetero) is 1. The number of allylic oxidation sites excluding steroid dienone is 1. The zero-order valence-corrected chi connectivity index (χ0v) is 16.3. The zero-order valence-electron chi connectivity index (χ0n) is 15.6. The molecule has 3 fully saturated rings. The van der Waals surface area contributed by atoms with E-state index in [1.165, 1.54) is 12.5 Å². The van der Waals surface area contributed by atoms with Crippen LogP contribution in [0.1, 0.15) is 72.1 Å². The molecular weight excluding hydrogens is 336 g/mol. The molecular formula is C21H29ClO3. The molecule has 138 valence electrons. The first-order chi connectivity index (χ1) is 11.8. The maximum atomic E-state index is 12.1. The average Bonchev–Trinajstić information content (AvgIpc) is 2.88. The largest absolute Gasteiger partial charge is 0.462 e. The summed E-state index contributed by atoms with van der Waals surface area (Å²) >= 11 is 6.45. The molecule has 4 aliphatic carbocycles. The Morgan fingerprint density at radius 1 is 1.08 bits per heavy atom. The number of ketones is 1. The summed E-state index contributed by atoms with van der Waals surface area (Å²) in [6, 6.07) is 0. The second kappa shape index (κ2) is 5.84. The molecule has 0 aromatic heterocycles. The molecule has 0 saturated heterocycles. The van der Waals surface area contributed by atoms with E-state index in [1.807, 2.05) is 0 Å². The molecule has 3 nitrogen and oxygen atoms in total. The Bertz CT molecular complexity index is 654. The van der Waals surface area contributed by atoms with E-state index in [1.54, 1.807) is 0 Å². The smallest absolute Gasteiger partial charge is 0.302 e. The van der Waals surface area contributed by atoms with Gasteiger partial charge in [-0.3, -0.25) is 9.59 Å². The third kappa shape index (κ3) is 2.44. The standard InChI is InChI=1S/C21H29ClO3/c1-12(23)25-18-7-6-14-13-4-5-16-19(22)17(24)9-11-20(16,2)15(13)8-10-21(14,18)3/h13-15,18H,4-11H2,1-3H3/t13-,14-,15-,18-,20+,21-/m1/s1. The molecule has 25 heavy (non-hydrogen) atoms. The number of rotatable bonds is 1. The van der Waals surface area contributed by atoms with E-state index in [9.17, 15) is 9.59 Å². The highest BCUT2D eigenvalue weighted by atomic mass is 35.5. The van der Waals surface area contributed by atoms with Crippen molar-refractivity contribution in [2.75, 3.05) is 0 Å². The lowest BCUT2D eigenvalue weighted by Gasteiger charge is -2.58. The second-order valence-corrected chi connectivity index (χ2v) is 9.65. The number of halogens is 1. The molecule has 0 radical (unpaired) electrons. The lowest BCUT2D eigenvalue weighted by Crippen LogP contribution is -2.52. The van der Waals surface area contributed by atoms with Crippen molar-refractivity contribution < 1.29 is 14.3 Å². The van der Waals surface area contributed by atoms with Crippen LogP contribution in [-0.2, 0) is 14.3 Å². The van der Waals surface area contributed by atoms with Crippen molar-refractivity contribution in [3.8, 4) is 0 Å². The number of fused-ring (bicyclic) bond motifs is 5. The minimum Gasteiger partial charge on any atom is -0.462 e. The van der Waals surface area contributed by atoms with Crippen LogP contribution in [0.4, 0.5) is 0 Å². The molecule has 0 heterocycles. The molecule has 0 spiro atoms. The molecule has 6 atom stereocenters. The highest BCUT2D eigenvalue weighted by Crippen LogP contribution is 2.66. The van der Waals surface area contributed by atoms with Gasteiger partial charge in [0, 0.05) is 18.8 Å². The molecule has 0 aromatic rings. The molecule has 0 aromatic carbocycles. The van der Waals surface area contributed by atoms with Crippen LogP contribution in [0.5, 0.6) is 0 Å². The van der Waals surface area contributed by atoms with Gasteiger partial charge >= 0.3 is 5.97 Å². The van der Waals surface area contributed by atoms with E-state index in [0.29, 0.717) is 29.2 Å². The number of hydrogen-bond donors (Lipinski definition) is 0. The number of hydrogen-bond acceptors (Lipinski definition) is 3. The van der Waals surface area contributed by atoms with Crippen molar-refractivity contribution in [1.29, 1.82) is 0 Å². The third-order valence-corrected chi connectivity index (χ3v) is 8.71. The maximum absolute atomic E-state index is 12.1. The number of esters is 1. The SMILES string of the molecule is CC(=O)O[C@@H]1CC[C@@H]2[C@H]3CCC4=C(Cl)C(=O)CC[C@@]4(C)[C@@H]3CC[C@]21C. The van der Waals surface area contributed by atoms with E-state index in [2.05, 4.69) is 13.8 Å². The van der Waals surface area contributed by atoms with E-state index in [4.69, 9.17) is 16.3 Å². The fraction of sp³-hybridized carbons (Fsp3) is 0.810. The highest BCUT2D eigenvalue weighted by molar-refractivity contribution is 6.43. The van der Waals surface area contributed by atoms with Gasteiger partial charge in [-0.25, -0.2) is 0 Å². The number of carbonyl (C=O) groups excluding carboxylic acids is 2. The van der Waals surface area contributed by atoms with Crippen LogP contribution in [0.2, 0.25) is 0 Å². The van der Waals surface area contributed by atoms with Crippen LogP contribution in [0.25, 0.3) is 0 Å². The fourth-order valence-corrected chi connectivity index (χ4v) is 7.40. The maximum Gasteiger partial charge on any atom is 0.302 e. The van der Waals surface area contributed by atoms with Gasteiger partial charge in [-0.15, -0.1) is 0 Å². The van der Waals surface area contributed by atoms with Crippen molar-refractivity contribution in [2.45, 2.75) is 78.2 Å². The van der Waals surface area contributed by atoms with Gasteiger partial charge in [-0.2, -0.15) is 0 Å². The van der Waals surface area contributed by atoms with E-state index in [-0.39, 0.29) is 28.7 Å². The van der Waals surface area contributed by atoms with Crippen LogP contribution >= 0.6 is 11.6 Å². The Kier molecular flexibility index (Phi) is 4.10. The minimum atomic E-state index is -0.146. The summed E-state index contributed by atoms with van der Waals surface area (Å²) in [7, 11) is 0. The Hall–Kier alpha value is -0.830. The molecule has 4 aliphatic rings. The van der Waals surface area contributed by atoms with Gasteiger partial charge in [0.2, 0.25) is 0 Å². The minimum absolute atomic E-state index is 0.0808. The van der Waals surface area contributed by atoms with Crippen molar-refractivity contribution >= 4 is 23.4 Å². The van der Waals surface area contributed by atoms with E-state index in [0.717, 1.165) is 44.9 Å². The molecule has 4 heteroatoms. The normalized spacial score (nSPS) is 46.3. The molecule has 3 saturated carbocycles. The summed E-state index contributed by atoms with van der Waals surface area (Å²) in [6.45, 7) is 6.23. The Balaban J connectivity index is 1.65. The second-order valence-electron chi connectivity index (χ2n) is 9.27. The summed E-state index contributed by atoms with van der Waals surface area (Å²) < 4.78 is 5.71. The number of carbonyl (C=O) groups is 2. The lowest BCUT2D eigenvalue weighted by atomic mass is 9.47. The summed E-state index contributed by atoms with van der Waals surface area (Å²) in [6.07, 6.45) is 8.17. The predicted molar refractivity (Wildman–Crippen MR) is 97.1 cm³/mol. The average molecular weight is 365 g/mol. The molecule has 0 amide bonds. The van der Waals surface area contributed by atoms with E-state index >= 15 is 0 Å². The number of ether oxygens (including phenoxy) is 1. The zero-order chi connectivity index (χ0) is 18.0. The summed E-state index contributed by atoms with van der Waals surface area (Å²) in [5.74, 6) is 1.92. The quantitative estimate of drug-likeness (QED) is 0.614. The van der Waals surface area contributed by atoms with Gasteiger partial charge in [0.05, 0.1) is 5.03 Å². The van der Waals surface area contributed by atoms with Gasteiger partial charge in [0.25, 0.3) is 0 Å². The monoisotopic (exact) mass is 364 g/mol. The lowest BCUT2D eigenvalue weighted by molar-refractivity contribution is -0.157. The first kappa shape index (κ1) is 17.6. The molecule has 0 bridgehead atoms. The fourth-order valence-electron chi connectivity index (χ4n) is 7.00. The van der Waals surface area contributed by atoms with Gasteiger partial charge in [-0.05, 0) is 73.7 Å². The van der Waals surface area contributed by atoms with Crippen molar-refractivity contribution in [1.82, 2.24) is 0 Å². The highest BCUT2D eigenvalue weighted by Gasteiger charge is 2.60. The Morgan fingerprint density at radius 2 is 1.84 bits per heavy atom. The van der Waals surface area contributed by atoms with Gasteiger partial charge < -0.3 is 4.74 Å². The first-order valence-electron chi connectivity index (χ1n) is 9.87. The Morgan fingerprint density at radius 3 is 2.56 bits per heavy atom. The van der Waals surface area contributed by atoms with Crippen molar-refractivity contribution in [3.05, 3.63) is 10.6 Å².